The van der Waals surface area contributed by atoms with Crippen LogP contribution in [-0.2, 0) is 4.74 Å². The van der Waals surface area contributed by atoms with Gasteiger partial charge in [-0.3, -0.25) is 10.1 Å². The Bertz CT molecular complexity index is 476. The Morgan fingerprint density at radius 2 is 1.94 bits per heavy atom. The molecule has 1 aromatic rings. The lowest BCUT2D eigenvalue weighted by molar-refractivity contribution is -0.385. The summed E-state index contributed by atoms with van der Waals surface area (Å²) in [5, 5.41) is 10.8. The van der Waals surface area contributed by atoms with Crippen LogP contribution >= 0.6 is 0 Å². The monoisotopic (exact) mass is 253 g/mol. The molecule has 0 saturated heterocycles. The van der Waals surface area contributed by atoms with E-state index in [1.807, 2.05) is 0 Å². The van der Waals surface area contributed by atoms with Crippen LogP contribution in [0.15, 0.2) is 18.2 Å². The zero-order chi connectivity index (χ0) is 13.9. The number of carbonyl (C=O) groups is 1. The molecule has 98 valence electrons. The minimum Gasteiger partial charge on any atom is -0.428 e. The molecule has 0 bridgehead atoms. The van der Waals surface area contributed by atoms with E-state index in [1.54, 1.807) is 33.8 Å². The quantitative estimate of drug-likeness (QED) is 0.350. The molecule has 0 radical (unpaired) electrons. The Morgan fingerprint density at radius 3 is 2.44 bits per heavy atom. The summed E-state index contributed by atoms with van der Waals surface area (Å²) < 4.78 is 9.76. The van der Waals surface area contributed by atoms with Crippen molar-refractivity contribution in [1.82, 2.24) is 0 Å². The van der Waals surface area contributed by atoms with E-state index in [9.17, 15) is 14.9 Å². The third-order valence-electron chi connectivity index (χ3n) is 1.89. The smallest absolute Gasteiger partial charge is 0.428 e. The summed E-state index contributed by atoms with van der Waals surface area (Å²) in [4.78, 5) is 21.6. The van der Waals surface area contributed by atoms with E-state index in [0.717, 1.165) is 0 Å². The number of hydrogen-bond donors (Lipinski definition) is 0. The Balaban J connectivity index is 2.91. The number of ether oxygens (including phenoxy) is 2. The van der Waals surface area contributed by atoms with Crippen LogP contribution in [0.1, 0.15) is 26.3 Å². The van der Waals surface area contributed by atoms with Gasteiger partial charge in [0, 0.05) is 6.07 Å². The molecule has 1 aromatic carbocycles. The average molecular weight is 253 g/mol. The molecule has 0 aliphatic heterocycles. The lowest BCUT2D eigenvalue weighted by Crippen LogP contribution is -2.26. The van der Waals surface area contributed by atoms with Crippen LogP contribution in [0.3, 0.4) is 0 Å². The van der Waals surface area contributed by atoms with Crippen molar-refractivity contribution in [1.29, 1.82) is 0 Å². The molecule has 0 aliphatic carbocycles. The third-order valence-corrected chi connectivity index (χ3v) is 1.89. The van der Waals surface area contributed by atoms with Crippen LogP contribution in [0, 0.1) is 17.0 Å². The van der Waals surface area contributed by atoms with Gasteiger partial charge in [-0.15, -0.1) is 0 Å². The van der Waals surface area contributed by atoms with E-state index in [0.29, 0.717) is 5.56 Å². The largest absolute Gasteiger partial charge is 0.514 e. The van der Waals surface area contributed by atoms with Crippen LogP contribution in [0.5, 0.6) is 5.75 Å². The molecule has 0 unspecified atom stereocenters. The molecule has 0 amide bonds. The zero-order valence-corrected chi connectivity index (χ0v) is 10.7. The summed E-state index contributed by atoms with van der Waals surface area (Å²) in [5.74, 6) is -0.125. The van der Waals surface area contributed by atoms with Crippen molar-refractivity contribution >= 4 is 11.8 Å². The predicted octanol–water partition coefficient (Wildman–Crippen LogP) is 3.22. The predicted molar refractivity (Wildman–Crippen MR) is 64.7 cm³/mol. The lowest BCUT2D eigenvalue weighted by atomic mass is 10.2. The van der Waals surface area contributed by atoms with Crippen LogP contribution in [0.2, 0.25) is 0 Å². The van der Waals surface area contributed by atoms with E-state index < -0.39 is 16.7 Å². The number of nitro groups is 1. The van der Waals surface area contributed by atoms with Crippen molar-refractivity contribution in [3.63, 3.8) is 0 Å². The second-order valence-corrected chi connectivity index (χ2v) is 4.79. The van der Waals surface area contributed by atoms with Crippen LogP contribution in [0.4, 0.5) is 10.5 Å². The van der Waals surface area contributed by atoms with Gasteiger partial charge >= 0.3 is 11.8 Å². The molecule has 0 atom stereocenters. The Hall–Kier alpha value is -2.11. The van der Waals surface area contributed by atoms with Gasteiger partial charge in [-0.2, -0.15) is 0 Å². The molecule has 0 fully saturated rings. The van der Waals surface area contributed by atoms with Gasteiger partial charge in [0.1, 0.15) is 5.60 Å². The maximum Gasteiger partial charge on any atom is 0.514 e. The van der Waals surface area contributed by atoms with E-state index in [1.165, 1.54) is 12.1 Å². The molecular formula is C12H15NO5. The Labute approximate surface area is 105 Å². The van der Waals surface area contributed by atoms with E-state index in [-0.39, 0.29) is 11.4 Å². The molecule has 0 spiro atoms. The van der Waals surface area contributed by atoms with Crippen LogP contribution < -0.4 is 4.74 Å². The van der Waals surface area contributed by atoms with Gasteiger partial charge < -0.3 is 9.47 Å². The van der Waals surface area contributed by atoms with Crippen molar-refractivity contribution in [2.75, 3.05) is 0 Å². The van der Waals surface area contributed by atoms with Gasteiger partial charge in [-0.1, -0.05) is 6.07 Å². The highest BCUT2D eigenvalue weighted by Gasteiger charge is 2.22. The molecule has 0 saturated carbocycles. The zero-order valence-electron chi connectivity index (χ0n) is 10.7. The van der Waals surface area contributed by atoms with Gasteiger partial charge in [0.05, 0.1) is 4.92 Å². The van der Waals surface area contributed by atoms with Crippen molar-refractivity contribution in [3.8, 4) is 5.75 Å². The van der Waals surface area contributed by atoms with Gasteiger partial charge in [0.2, 0.25) is 5.75 Å². The fraction of sp³-hybridized carbons (Fsp3) is 0.417. The number of nitro benzene ring substituents is 1. The van der Waals surface area contributed by atoms with E-state index in [2.05, 4.69) is 0 Å². The molecule has 6 nitrogen and oxygen atoms in total. The van der Waals surface area contributed by atoms with Crippen molar-refractivity contribution < 1.29 is 19.2 Å². The fourth-order valence-electron chi connectivity index (χ4n) is 1.22. The lowest BCUT2D eigenvalue weighted by Gasteiger charge is -2.18. The third kappa shape index (κ3) is 4.04. The Kier molecular flexibility index (Phi) is 3.90. The van der Waals surface area contributed by atoms with Crippen molar-refractivity contribution in [3.05, 3.63) is 33.9 Å². The van der Waals surface area contributed by atoms with Crippen molar-refractivity contribution in [2.24, 2.45) is 0 Å². The summed E-state index contributed by atoms with van der Waals surface area (Å²) in [7, 11) is 0. The molecule has 18 heavy (non-hydrogen) atoms. The fourth-order valence-corrected chi connectivity index (χ4v) is 1.22. The second kappa shape index (κ2) is 5.03. The molecule has 6 heteroatoms. The topological polar surface area (TPSA) is 78.7 Å². The summed E-state index contributed by atoms with van der Waals surface area (Å²) >= 11 is 0. The standard InChI is InChI=1S/C12H15NO5/c1-8-5-6-10(9(7-8)13(15)16)17-11(14)18-12(2,3)4/h5-7H,1-4H3. The number of carbonyl (C=O) groups excluding carboxylic acids is 1. The number of hydrogen-bond acceptors (Lipinski definition) is 5. The first-order chi connectivity index (χ1) is 8.19. The van der Waals surface area contributed by atoms with E-state index in [4.69, 9.17) is 9.47 Å². The maximum atomic E-state index is 11.4. The average Bonchev–Trinajstić information content (AvgIpc) is 2.17. The van der Waals surface area contributed by atoms with E-state index >= 15 is 0 Å². The Morgan fingerprint density at radius 1 is 1.33 bits per heavy atom. The molecule has 1 rings (SSSR count). The van der Waals surface area contributed by atoms with Crippen molar-refractivity contribution in [2.45, 2.75) is 33.3 Å². The number of rotatable bonds is 2. The first kappa shape index (κ1) is 14.0. The van der Waals surface area contributed by atoms with Gasteiger partial charge in [0.15, 0.2) is 0 Å². The molecule has 0 aromatic heterocycles. The first-order valence-corrected chi connectivity index (χ1v) is 5.35. The maximum absolute atomic E-state index is 11.4. The molecule has 0 N–H and O–H groups in total. The van der Waals surface area contributed by atoms with Gasteiger partial charge in [-0.05, 0) is 39.3 Å². The number of nitrogens with zero attached hydrogens (tertiary/aromatic N) is 1. The minimum absolute atomic E-state index is 0.125. The van der Waals surface area contributed by atoms with Gasteiger partial charge in [-0.25, -0.2) is 4.79 Å². The SMILES string of the molecule is Cc1ccc(OC(=O)OC(C)(C)C)c([N+](=O)[O-])c1. The molecular weight excluding hydrogens is 238 g/mol. The first-order valence-electron chi connectivity index (χ1n) is 5.35. The highest BCUT2D eigenvalue weighted by Crippen LogP contribution is 2.28. The summed E-state index contributed by atoms with van der Waals surface area (Å²) in [6, 6.07) is 4.32. The highest BCUT2D eigenvalue weighted by molar-refractivity contribution is 5.67. The normalized spacial score (nSPS) is 10.9. The number of benzene rings is 1. The summed E-state index contributed by atoms with van der Waals surface area (Å²) in [6.45, 7) is 6.75. The van der Waals surface area contributed by atoms with Crippen LogP contribution in [-0.4, -0.2) is 16.7 Å². The van der Waals surface area contributed by atoms with Crippen LogP contribution in [0.25, 0.3) is 0 Å². The van der Waals surface area contributed by atoms with Gasteiger partial charge in [0.25, 0.3) is 0 Å². The second-order valence-electron chi connectivity index (χ2n) is 4.79. The minimum atomic E-state index is -0.963. The summed E-state index contributed by atoms with van der Waals surface area (Å²) in [6.07, 6.45) is -0.963. The number of aryl methyl sites for hydroxylation is 1. The summed E-state index contributed by atoms with van der Waals surface area (Å²) in [5.41, 5.74) is -0.268. The molecule has 0 heterocycles. The molecule has 0 aliphatic rings. The highest BCUT2D eigenvalue weighted by atomic mass is 16.7.